The summed E-state index contributed by atoms with van der Waals surface area (Å²) in [5, 5.41) is 3.43. The molecule has 0 aliphatic rings. The number of carbonyl (C=O) groups is 1. The fourth-order valence-electron chi connectivity index (χ4n) is 1.41. The van der Waals surface area contributed by atoms with Crippen LogP contribution in [0, 0.1) is 0 Å². The summed E-state index contributed by atoms with van der Waals surface area (Å²) in [7, 11) is 0. The van der Waals surface area contributed by atoms with Crippen LogP contribution in [-0.4, -0.2) is 22.9 Å². The first-order valence-electron chi connectivity index (χ1n) is 5.46. The molecule has 0 unspecified atom stereocenters. The summed E-state index contributed by atoms with van der Waals surface area (Å²) in [4.78, 5) is 16.9. The summed E-state index contributed by atoms with van der Waals surface area (Å²) in [5.74, 6) is 0.322. The Balaban J connectivity index is 1.90. The molecule has 2 rings (SSSR count). The van der Waals surface area contributed by atoms with E-state index in [1.807, 2.05) is 30.5 Å². The second-order valence-corrected chi connectivity index (χ2v) is 6.74. The molecular weight excluding hydrogens is 298 g/mol. The number of nitrogen functional groups attached to an aromatic ring is 1. The van der Waals surface area contributed by atoms with Crippen LogP contribution in [0.1, 0.15) is 0 Å². The fourth-order valence-corrected chi connectivity index (χ4v) is 3.52. The summed E-state index contributed by atoms with van der Waals surface area (Å²) in [6, 6.07) is 7.75. The average Bonchev–Trinajstić information content (AvgIpc) is 2.83. The number of thioether (sulfide) groups is 2. The molecule has 0 atom stereocenters. The molecule has 0 saturated carbocycles. The van der Waals surface area contributed by atoms with Crippen molar-refractivity contribution in [2.24, 2.45) is 0 Å². The molecule has 7 heteroatoms. The van der Waals surface area contributed by atoms with Crippen LogP contribution in [0.4, 0.5) is 10.8 Å². The highest BCUT2D eigenvalue weighted by molar-refractivity contribution is 8.01. The van der Waals surface area contributed by atoms with Gasteiger partial charge in [0.15, 0.2) is 5.13 Å². The van der Waals surface area contributed by atoms with Gasteiger partial charge in [-0.25, -0.2) is 4.98 Å². The topological polar surface area (TPSA) is 68.0 Å². The van der Waals surface area contributed by atoms with Gasteiger partial charge in [0.2, 0.25) is 5.91 Å². The van der Waals surface area contributed by atoms with Crippen molar-refractivity contribution in [1.29, 1.82) is 0 Å². The lowest BCUT2D eigenvalue weighted by molar-refractivity contribution is -0.113. The van der Waals surface area contributed by atoms with Crippen LogP contribution in [0.5, 0.6) is 0 Å². The molecule has 2 aromatic rings. The normalized spacial score (nSPS) is 10.4. The van der Waals surface area contributed by atoms with Crippen molar-refractivity contribution < 1.29 is 4.79 Å². The van der Waals surface area contributed by atoms with Gasteiger partial charge in [0.05, 0.1) is 21.8 Å². The average molecular weight is 311 g/mol. The first-order chi connectivity index (χ1) is 9.19. The van der Waals surface area contributed by atoms with Crippen molar-refractivity contribution in [2.45, 2.75) is 9.10 Å². The predicted molar refractivity (Wildman–Crippen MR) is 84.1 cm³/mol. The molecular formula is C12H13N3OS3. The highest BCUT2D eigenvalue weighted by atomic mass is 32.2. The maximum absolute atomic E-state index is 11.9. The first kappa shape index (κ1) is 14.2. The number of hydrogen-bond donors (Lipinski definition) is 2. The van der Waals surface area contributed by atoms with Gasteiger partial charge in [0.1, 0.15) is 0 Å². The zero-order valence-electron chi connectivity index (χ0n) is 10.3. The largest absolute Gasteiger partial charge is 0.375 e. The highest BCUT2D eigenvalue weighted by Crippen LogP contribution is 2.27. The molecule has 1 amide bonds. The van der Waals surface area contributed by atoms with E-state index in [0.717, 1.165) is 14.8 Å². The summed E-state index contributed by atoms with van der Waals surface area (Å²) >= 11 is 4.44. The molecule has 1 heterocycles. The zero-order chi connectivity index (χ0) is 13.7. The third kappa shape index (κ3) is 4.15. The van der Waals surface area contributed by atoms with Crippen LogP contribution in [0.2, 0.25) is 0 Å². The van der Waals surface area contributed by atoms with Gasteiger partial charge < -0.3 is 11.1 Å². The maximum Gasteiger partial charge on any atom is 0.234 e. The molecule has 1 aromatic heterocycles. The number of rotatable bonds is 5. The van der Waals surface area contributed by atoms with Gasteiger partial charge in [0.25, 0.3) is 0 Å². The molecule has 0 bridgehead atoms. The number of nitrogens with zero attached hydrogens (tertiary/aromatic N) is 1. The van der Waals surface area contributed by atoms with Crippen LogP contribution in [-0.2, 0) is 4.79 Å². The SMILES string of the molecule is CSc1ccccc1NC(=O)CSc1cnc(N)s1. The summed E-state index contributed by atoms with van der Waals surface area (Å²) < 4.78 is 0.950. The number of anilines is 2. The van der Waals surface area contributed by atoms with Crippen molar-refractivity contribution in [3.8, 4) is 0 Å². The number of benzene rings is 1. The Bertz CT molecular complexity index is 571. The number of amides is 1. The second-order valence-electron chi connectivity index (χ2n) is 3.55. The smallest absolute Gasteiger partial charge is 0.234 e. The minimum absolute atomic E-state index is 0.0292. The van der Waals surface area contributed by atoms with Crippen LogP contribution in [0.25, 0.3) is 0 Å². The number of thiazole rings is 1. The number of nitrogens with two attached hydrogens (primary N) is 1. The van der Waals surface area contributed by atoms with Gasteiger partial charge in [-0.1, -0.05) is 23.5 Å². The van der Waals surface area contributed by atoms with Gasteiger partial charge in [-0.3, -0.25) is 4.79 Å². The Labute approximate surface area is 124 Å². The Kier molecular flexibility index (Phi) is 5.12. The monoisotopic (exact) mass is 311 g/mol. The Morgan fingerprint density at radius 2 is 2.26 bits per heavy atom. The minimum Gasteiger partial charge on any atom is -0.375 e. The van der Waals surface area contributed by atoms with Crippen molar-refractivity contribution >= 4 is 51.6 Å². The van der Waals surface area contributed by atoms with Gasteiger partial charge in [0, 0.05) is 4.90 Å². The van der Waals surface area contributed by atoms with Gasteiger partial charge in [-0.05, 0) is 18.4 Å². The van der Waals surface area contributed by atoms with E-state index in [1.165, 1.54) is 23.1 Å². The van der Waals surface area contributed by atoms with Gasteiger partial charge in [-0.15, -0.1) is 23.5 Å². The van der Waals surface area contributed by atoms with Crippen LogP contribution in [0.3, 0.4) is 0 Å². The molecule has 0 saturated heterocycles. The van der Waals surface area contributed by atoms with E-state index in [-0.39, 0.29) is 5.91 Å². The third-order valence-electron chi connectivity index (χ3n) is 2.23. The summed E-state index contributed by atoms with van der Waals surface area (Å²) in [6.07, 6.45) is 3.67. The molecule has 0 radical (unpaired) electrons. The third-order valence-corrected chi connectivity index (χ3v) is 5.05. The van der Waals surface area contributed by atoms with E-state index < -0.39 is 0 Å². The molecule has 0 aliphatic heterocycles. The number of hydrogen-bond acceptors (Lipinski definition) is 6. The molecule has 3 N–H and O–H groups in total. The lowest BCUT2D eigenvalue weighted by Gasteiger charge is -2.08. The van der Waals surface area contributed by atoms with Crippen molar-refractivity contribution in [1.82, 2.24) is 4.98 Å². The van der Waals surface area contributed by atoms with E-state index in [1.54, 1.807) is 18.0 Å². The van der Waals surface area contributed by atoms with Crippen molar-refractivity contribution in [3.63, 3.8) is 0 Å². The van der Waals surface area contributed by atoms with Crippen molar-refractivity contribution in [3.05, 3.63) is 30.5 Å². The molecule has 4 nitrogen and oxygen atoms in total. The quantitative estimate of drug-likeness (QED) is 0.830. The first-order valence-corrected chi connectivity index (χ1v) is 8.48. The number of carbonyl (C=O) groups excluding carboxylic acids is 1. The highest BCUT2D eigenvalue weighted by Gasteiger charge is 2.08. The minimum atomic E-state index is -0.0292. The van der Waals surface area contributed by atoms with E-state index in [4.69, 9.17) is 5.73 Å². The predicted octanol–water partition coefficient (Wildman–Crippen LogP) is 3.18. The Hall–Kier alpha value is -1.18. The summed E-state index contributed by atoms with van der Waals surface area (Å²) in [6.45, 7) is 0. The standard InChI is InChI=1S/C12H13N3OS3/c1-17-9-5-3-2-4-8(9)15-10(16)7-18-11-6-14-12(13)19-11/h2-6H,7H2,1H3,(H2,13,14)(H,15,16). The lowest BCUT2D eigenvalue weighted by Crippen LogP contribution is -2.14. The molecule has 0 aliphatic carbocycles. The number of nitrogens with one attached hydrogen (secondary N) is 1. The Morgan fingerprint density at radius 3 is 2.95 bits per heavy atom. The molecule has 19 heavy (non-hydrogen) atoms. The fraction of sp³-hybridized carbons (Fsp3) is 0.167. The number of aromatic nitrogens is 1. The molecule has 0 fully saturated rings. The number of para-hydroxylation sites is 1. The zero-order valence-corrected chi connectivity index (χ0v) is 12.7. The molecule has 100 valence electrons. The second kappa shape index (κ2) is 6.83. The van der Waals surface area contributed by atoms with Crippen LogP contribution >= 0.6 is 34.9 Å². The van der Waals surface area contributed by atoms with E-state index in [9.17, 15) is 4.79 Å². The van der Waals surface area contributed by atoms with Crippen LogP contribution in [0.15, 0.2) is 39.6 Å². The maximum atomic E-state index is 11.9. The van der Waals surface area contributed by atoms with Crippen LogP contribution < -0.4 is 11.1 Å². The molecule has 0 spiro atoms. The summed E-state index contributed by atoms with van der Waals surface area (Å²) in [5.41, 5.74) is 6.39. The lowest BCUT2D eigenvalue weighted by atomic mass is 10.3. The van der Waals surface area contributed by atoms with E-state index >= 15 is 0 Å². The van der Waals surface area contributed by atoms with Crippen molar-refractivity contribution in [2.75, 3.05) is 23.1 Å². The van der Waals surface area contributed by atoms with E-state index in [2.05, 4.69) is 10.3 Å². The van der Waals surface area contributed by atoms with Gasteiger partial charge >= 0.3 is 0 Å². The van der Waals surface area contributed by atoms with Gasteiger partial charge in [-0.2, -0.15) is 0 Å². The Morgan fingerprint density at radius 1 is 1.47 bits per heavy atom. The van der Waals surface area contributed by atoms with E-state index in [0.29, 0.717) is 10.9 Å². The molecule has 1 aromatic carbocycles.